The lowest BCUT2D eigenvalue weighted by atomic mass is 10.4. The molecule has 0 aliphatic carbocycles. The summed E-state index contributed by atoms with van der Waals surface area (Å²) >= 11 is 0. The third-order valence-electron chi connectivity index (χ3n) is 2.40. The molecule has 1 rings (SSSR count). The first-order valence-corrected chi connectivity index (χ1v) is 4.45. The molecular formula is C9H18N2O2. The zero-order valence-electron chi connectivity index (χ0n) is 8.56. The van der Waals surface area contributed by atoms with Gasteiger partial charge in [-0.3, -0.25) is 4.48 Å². The van der Waals surface area contributed by atoms with Gasteiger partial charge in [-0.2, -0.15) is 0 Å². The number of nitrogens with zero attached hydrogens (tertiary/aromatic N) is 2. The second kappa shape index (κ2) is 5.59. The number of quaternary nitrogens is 1. The summed E-state index contributed by atoms with van der Waals surface area (Å²) in [6.07, 6.45) is 4.47. The van der Waals surface area contributed by atoms with Crippen molar-refractivity contribution in [2.24, 2.45) is 0 Å². The topological polar surface area (TPSA) is 43.4 Å². The fraction of sp³-hybridized carbons (Fsp3) is 0.667. The molecule has 1 aliphatic heterocycles. The van der Waals surface area contributed by atoms with Gasteiger partial charge in [0.05, 0.1) is 19.3 Å². The van der Waals surface area contributed by atoms with Gasteiger partial charge in [0.2, 0.25) is 0 Å². The van der Waals surface area contributed by atoms with Gasteiger partial charge >= 0.3 is 0 Å². The smallest absolute Gasteiger partial charge is 0.158 e. The van der Waals surface area contributed by atoms with Crippen LogP contribution in [0.4, 0.5) is 0 Å². The zero-order chi connectivity index (χ0) is 10.3. The van der Waals surface area contributed by atoms with Crippen molar-refractivity contribution in [3.63, 3.8) is 0 Å². The van der Waals surface area contributed by atoms with E-state index in [1.165, 1.54) is 13.1 Å². The summed E-state index contributed by atoms with van der Waals surface area (Å²) in [5, 5.41) is 8.25. The average Bonchev–Trinajstić information content (AvgIpc) is 2.50. The molecular weight excluding hydrogens is 168 g/mol. The van der Waals surface area contributed by atoms with Gasteiger partial charge in [-0.1, -0.05) is 0 Å². The lowest BCUT2D eigenvalue weighted by Crippen LogP contribution is -2.43. The second-order valence-electron chi connectivity index (χ2n) is 3.14. The van der Waals surface area contributed by atoms with E-state index in [0.29, 0.717) is 0 Å². The van der Waals surface area contributed by atoms with Crippen LogP contribution in [0.3, 0.4) is 0 Å². The summed E-state index contributed by atoms with van der Waals surface area (Å²) in [7, 11) is 2.13. The standard InChI is InChI=1S/C8H17N2.CH2O2/c1-4-10(5-2)7-6-9(3)8-10;2-1-3/h6-7H,4-5,8H2,1-3H3;1H,(H,2,3)/q+1;/p-1. The van der Waals surface area contributed by atoms with Gasteiger partial charge in [0.1, 0.15) is 6.20 Å². The monoisotopic (exact) mass is 186 g/mol. The molecule has 0 spiro atoms. The maximum atomic E-state index is 8.25. The van der Waals surface area contributed by atoms with Crippen LogP contribution in [-0.4, -0.2) is 42.7 Å². The Morgan fingerprint density at radius 3 is 2.15 bits per heavy atom. The maximum Gasteiger partial charge on any atom is 0.158 e. The molecule has 0 fully saturated rings. The quantitative estimate of drug-likeness (QED) is 0.435. The van der Waals surface area contributed by atoms with Crippen LogP contribution in [0.2, 0.25) is 0 Å². The van der Waals surface area contributed by atoms with Gasteiger partial charge in [0.15, 0.2) is 6.67 Å². The van der Waals surface area contributed by atoms with E-state index in [0.717, 1.165) is 11.2 Å². The second-order valence-corrected chi connectivity index (χ2v) is 3.14. The number of rotatable bonds is 2. The van der Waals surface area contributed by atoms with E-state index in [2.05, 4.69) is 38.2 Å². The molecule has 1 aliphatic rings. The van der Waals surface area contributed by atoms with Gasteiger partial charge in [0, 0.05) is 13.5 Å². The van der Waals surface area contributed by atoms with E-state index < -0.39 is 6.47 Å². The summed E-state index contributed by atoms with van der Waals surface area (Å²) in [5.74, 6) is 0. The van der Waals surface area contributed by atoms with Crippen molar-refractivity contribution in [2.45, 2.75) is 13.8 Å². The molecule has 4 heteroatoms. The first-order chi connectivity index (χ1) is 6.14. The van der Waals surface area contributed by atoms with Gasteiger partial charge in [0.25, 0.3) is 0 Å². The molecule has 0 radical (unpaired) electrons. The predicted molar refractivity (Wildman–Crippen MR) is 49.2 cm³/mol. The number of carboxylic acid groups (broad SMARTS) is 1. The zero-order valence-corrected chi connectivity index (χ0v) is 8.56. The number of carbonyl (C=O) groups excluding carboxylic acids is 1. The molecule has 0 aromatic heterocycles. The lowest BCUT2D eigenvalue weighted by Gasteiger charge is -2.29. The van der Waals surface area contributed by atoms with Crippen molar-refractivity contribution < 1.29 is 14.4 Å². The molecule has 76 valence electrons. The van der Waals surface area contributed by atoms with Crippen molar-refractivity contribution in [1.29, 1.82) is 0 Å². The molecule has 1 heterocycles. The van der Waals surface area contributed by atoms with Crippen LogP contribution in [0, 0.1) is 0 Å². The molecule has 0 atom stereocenters. The van der Waals surface area contributed by atoms with Crippen LogP contribution in [0.5, 0.6) is 0 Å². The van der Waals surface area contributed by atoms with Gasteiger partial charge < -0.3 is 14.8 Å². The highest BCUT2D eigenvalue weighted by Crippen LogP contribution is 2.14. The molecule has 0 aromatic rings. The molecule has 0 saturated carbocycles. The highest BCUT2D eigenvalue weighted by atomic mass is 16.3. The van der Waals surface area contributed by atoms with E-state index >= 15 is 0 Å². The number of hydrogen-bond donors (Lipinski definition) is 0. The van der Waals surface area contributed by atoms with Gasteiger partial charge in [-0.25, -0.2) is 0 Å². The number of carbonyl (C=O) groups is 1. The fourth-order valence-corrected chi connectivity index (χ4v) is 1.43. The van der Waals surface area contributed by atoms with Crippen molar-refractivity contribution in [1.82, 2.24) is 4.90 Å². The Morgan fingerprint density at radius 1 is 1.54 bits per heavy atom. The highest BCUT2D eigenvalue weighted by Gasteiger charge is 2.25. The van der Waals surface area contributed by atoms with E-state index in [1.807, 2.05) is 0 Å². The minimum Gasteiger partial charge on any atom is -0.554 e. The minimum absolute atomic E-state index is 0.500. The first-order valence-electron chi connectivity index (χ1n) is 4.45. The summed E-state index contributed by atoms with van der Waals surface area (Å²) in [5.41, 5.74) is 0. The van der Waals surface area contributed by atoms with Crippen LogP contribution >= 0.6 is 0 Å². The summed E-state index contributed by atoms with van der Waals surface area (Å²) < 4.78 is 1.12. The molecule has 0 saturated heterocycles. The van der Waals surface area contributed by atoms with E-state index in [4.69, 9.17) is 9.90 Å². The normalized spacial score (nSPS) is 17.9. The SMILES string of the molecule is CC[N+]1(CC)C=CN(C)C1.O=C[O-]. The van der Waals surface area contributed by atoms with Crippen LogP contribution in [0.25, 0.3) is 0 Å². The molecule has 4 nitrogen and oxygen atoms in total. The van der Waals surface area contributed by atoms with Crippen molar-refractivity contribution in [3.05, 3.63) is 12.4 Å². The molecule has 0 amide bonds. The molecule has 0 unspecified atom stereocenters. The van der Waals surface area contributed by atoms with E-state index in [-0.39, 0.29) is 0 Å². The highest BCUT2D eigenvalue weighted by molar-refractivity contribution is 5.29. The summed E-state index contributed by atoms with van der Waals surface area (Å²) in [6.45, 7) is 7.54. The molecule has 0 bridgehead atoms. The molecule has 13 heavy (non-hydrogen) atoms. The van der Waals surface area contributed by atoms with Crippen LogP contribution < -0.4 is 5.11 Å². The Morgan fingerprint density at radius 2 is 2.00 bits per heavy atom. The maximum absolute atomic E-state index is 8.25. The Labute approximate surface area is 79.7 Å². The number of hydrogen-bond acceptors (Lipinski definition) is 3. The molecule has 0 aromatic carbocycles. The third-order valence-corrected chi connectivity index (χ3v) is 2.40. The predicted octanol–water partition coefficient (Wildman–Crippen LogP) is -0.417. The largest absolute Gasteiger partial charge is 0.554 e. The van der Waals surface area contributed by atoms with Crippen molar-refractivity contribution in [3.8, 4) is 0 Å². The van der Waals surface area contributed by atoms with Crippen LogP contribution in [0.1, 0.15) is 13.8 Å². The Kier molecular flexibility index (Phi) is 5.14. The van der Waals surface area contributed by atoms with E-state index in [1.54, 1.807) is 0 Å². The lowest BCUT2D eigenvalue weighted by molar-refractivity contribution is -0.877. The Hall–Kier alpha value is -1.03. The summed E-state index contributed by atoms with van der Waals surface area (Å²) in [6, 6.07) is 0. The van der Waals surface area contributed by atoms with Gasteiger partial charge in [-0.15, -0.1) is 0 Å². The van der Waals surface area contributed by atoms with Crippen molar-refractivity contribution >= 4 is 6.47 Å². The van der Waals surface area contributed by atoms with Crippen LogP contribution in [-0.2, 0) is 4.79 Å². The Bertz CT molecular complexity index is 176. The average molecular weight is 186 g/mol. The summed E-state index contributed by atoms with van der Waals surface area (Å²) in [4.78, 5) is 10.5. The third kappa shape index (κ3) is 3.46. The fourth-order valence-electron chi connectivity index (χ4n) is 1.43. The van der Waals surface area contributed by atoms with E-state index in [9.17, 15) is 0 Å². The first kappa shape index (κ1) is 12.0. The van der Waals surface area contributed by atoms with Gasteiger partial charge in [-0.05, 0) is 13.8 Å². The minimum atomic E-state index is -0.500. The molecule has 0 N–H and O–H groups in total. The Balaban J connectivity index is 0.000000424. The van der Waals surface area contributed by atoms with Crippen LogP contribution in [0.15, 0.2) is 12.4 Å². The van der Waals surface area contributed by atoms with Crippen molar-refractivity contribution in [2.75, 3.05) is 26.8 Å².